The molecule has 12 heteroatoms. The van der Waals surface area contributed by atoms with Crippen LogP contribution in [-0.2, 0) is 22.8 Å². The van der Waals surface area contributed by atoms with E-state index in [1.54, 1.807) is 13.8 Å². The normalized spacial score (nSPS) is 12.0. The van der Waals surface area contributed by atoms with Crippen molar-refractivity contribution >= 4 is 34.4 Å². The molecule has 7 nitrogen and oxygen atoms in total. The number of halogens is 5. The molecule has 1 heterocycles. The highest BCUT2D eigenvalue weighted by atomic mass is 35.5. The molecule has 1 aromatic heterocycles. The Labute approximate surface area is 183 Å². The molecule has 0 saturated carbocycles. The average molecular weight is 481 g/mol. The molecule has 1 aromatic carbocycles. The summed E-state index contributed by atoms with van der Waals surface area (Å²) < 4.78 is 45.1. The summed E-state index contributed by atoms with van der Waals surface area (Å²) >= 11 is 11.6. The molecular formula is C19H17Cl2F3N2O5. The van der Waals surface area contributed by atoms with Crippen molar-refractivity contribution in [3.63, 3.8) is 0 Å². The lowest BCUT2D eigenvalue weighted by Gasteiger charge is -2.27. The SMILES string of the molecule is CCC(CC)(OC(=O)c1cc(-n2c(=O)cc(C(F)(F)F)n(C)c2=O)ccc1Cl)C(=O)Cl. The van der Waals surface area contributed by atoms with Gasteiger partial charge in [0.25, 0.3) is 10.8 Å². The van der Waals surface area contributed by atoms with E-state index in [2.05, 4.69) is 0 Å². The van der Waals surface area contributed by atoms with Crippen molar-refractivity contribution in [3.8, 4) is 5.69 Å². The first-order valence-corrected chi connectivity index (χ1v) is 9.68. The molecule has 2 rings (SSSR count). The van der Waals surface area contributed by atoms with Crippen molar-refractivity contribution in [3.05, 3.63) is 61.4 Å². The highest BCUT2D eigenvalue weighted by molar-refractivity contribution is 6.65. The van der Waals surface area contributed by atoms with Crippen LogP contribution in [0.1, 0.15) is 42.7 Å². The van der Waals surface area contributed by atoms with E-state index in [0.29, 0.717) is 4.57 Å². The number of esters is 1. The van der Waals surface area contributed by atoms with E-state index in [0.717, 1.165) is 13.1 Å². The monoisotopic (exact) mass is 480 g/mol. The summed E-state index contributed by atoms with van der Waals surface area (Å²) in [7, 11) is 0.856. The molecule has 0 atom stereocenters. The zero-order valence-electron chi connectivity index (χ0n) is 16.5. The van der Waals surface area contributed by atoms with Crippen molar-refractivity contribution in [1.82, 2.24) is 9.13 Å². The van der Waals surface area contributed by atoms with Gasteiger partial charge in [0.2, 0.25) is 0 Å². The van der Waals surface area contributed by atoms with Crippen molar-refractivity contribution in [2.24, 2.45) is 7.05 Å². The minimum absolute atomic E-state index is 0.0772. The number of nitrogens with zero attached hydrogens (tertiary/aromatic N) is 2. The van der Waals surface area contributed by atoms with Crippen LogP contribution in [0.3, 0.4) is 0 Å². The van der Waals surface area contributed by atoms with E-state index in [-0.39, 0.29) is 39.7 Å². The molecule has 0 radical (unpaired) electrons. The fourth-order valence-corrected chi connectivity index (χ4v) is 3.39. The standard InChI is InChI=1S/C19H17Cl2F3N2O5/c1-4-18(5-2,16(21)29)31-15(28)11-8-10(6-7-12(11)20)26-14(27)9-13(19(22,23)24)25(3)17(26)30/h6-9H,4-5H2,1-3H3. The number of aromatic nitrogens is 2. The van der Waals surface area contributed by atoms with Gasteiger partial charge >= 0.3 is 17.8 Å². The summed E-state index contributed by atoms with van der Waals surface area (Å²) in [5, 5.41) is -1.03. The van der Waals surface area contributed by atoms with Gasteiger partial charge in [0.1, 0.15) is 5.69 Å². The summed E-state index contributed by atoms with van der Waals surface area (Å²) in [6.07, 6.45) is -4.76. The van der Waals surface area contributed by atoms with Crippen LogP contribution in [-0.4, -0.2) is 25.9 Å². The Kier molecular flexibility index (Phi) is 7.07. The van der Waals surface area contributed by atoms with Crippen LogP contribution in [0.4, 0.5) is 13.2 Å². The van der Waals surface area contributed by atoms with Crippen LogP contribution in [0.2, 0.25) is 5.02 Å². The quantitative estimate of drug-likeness (QED) is 0.464. The van der Waals surface area contributed by atoms with E-state index < -0.39 is 39.9 Å². The number of carbonyl (C=O) groups is 2. The van der Waals surface area contributed by atoms with E-state index in [4.69, 9.17) is 27.9 Å². The lowest BCUT2D eigenvalue weighted by Crippen LogP contribution is -2.41. The smallest absolute Gasteiger partial charge is 0.431 e. The zero-order chi connectivity index (χ0) is 23.7. The maximum Gasteiger partial charge on any atom is 0.431 e. The topological polar surface area (TPSA) is 87.4 Å². The van der Waals surface area contributed by atoms with Crippen LogP contribution >= 0.6 is 23.2 Å². The lowest BCUT2D eigenvalue weighted by atomic mass is 9.99. The Balaban J connectivity index is 2.62. The number of hydrogen-bond acceptors (Lipinski definition) is 5. The van der Waals surface area contributed by atoms with Crippen molar-refractivity contribution in [2.75, 3.05) is 0 Å². The first kappa shape index (κ1) is 24.7. The van der Waals surface area contributed by atoms with Gasteiger partial charge in [0.05, 0.1) is 16.3 Å². The Morgan fingerprint density at radius 2 is 1.68 bits per heavy atom. The van der Waals surface area contributed by atoms with Gasteiger partial charge in [-0.3, -0.25) is 14.2 Å². The lowest BCUT2D eigenvalue weighted by molar-refractivity contribution is -0.144. The molecule has 0 N–H and O–H groups in total. The molecule has 0 fully saturated rings. The van der Waals surface area contributed by atoms with Gasteiger partial charge in [-0.2, -0.15) is 13.2 Å². The second-order valence-corrected chi connectivity index (χ2v) is 7.32. The Hall–Kier alpha value is -2.59. The van der Waals surface area contributed by atoms with Crippen molar-refractivity contribution < 1.29 is 27.5 Å². The second kappa shape index (κ2) is 8.88. The van der Waals surface area contributed by atoms with E-state index >= 15 is 0 Å². The third kappa shape index (κ3) is 4.69. The van der Waals surface area contributed by atoms with Crippen LogP contribution in [0.15, 0.2) is 33.9 Å². The number of carbonyl (C=O) groups excluding carboxylic acids is 2. The van der Waals surface area contributed by atoms with Gasteiger partial charge in [-0.05, 0) is 42.6 Å². The van der Waals surface area contributed by atoms with Gasteiger partial charge in [-0.1, -0.05) is 25.4 Å². The van der Waals surface area contributed by atoms with Gasteiger partial charge in [-0.15, -0.1) is 0 Å². The van der Waals surface area contributed by atoms with Gasteiger partial charge < -0.3 is 4.74 Å². The Morgan fingerprint density at radius 3 is 2.16 bits per heavy atom. The summed E-state index contributed by atoms with van der Waals surface area (Å²) in [5.74, 6) is -1.05. The molecule has 0 unspecified atom stereocenters. The minimum Gasteiger partial charge on any atom is -0.446 e. The largest absolute Gasteiger partial charge is 0.446 e. The van der Waals surface area contributed by atoms with Gasteiger partial charge in [0, 0.05) is 13.1 Å². The highest BCUT2D eigenvalue weighted by Crippen LogP contribution is 2.29. The van der Waals surface area contributed by atoms with Gasteiger partial charge in [0.15, 0.2) is 5.60 Å². The Bertz CT molecular complexity index is 1150. The molecule has 2 aromatic rings. The number of benzene rings is 1. The van der Waals surface area contributed by atoms with Crippen LogP contribution in [0.25, 0.3) is 5.69 Å². The van der Waals surface area contributed by atoms with Crippen LogP contribution < -0.4 is 11.2 Å². The first-order valence-electron chi connectivity index (χ1n) is 8.92. The van der Waals surface area contributed by atoms with E-state index in [1.807, 2.05) is 0 Å². The molecular weight excluding hydrogens is 464 g/mol. The predicted octanol–water partition coefficient (Wildman–Crippen LogP) is 3.69. The summed E-state index contributed by atoms with van der Waals surface area (Å²) in [4.78, 5) is 49.2. The number of ether oxygens (including phenoxy) is 1. The Morgan fingerprint density at radius 1 is 1.10 bits per heavy atom. The van der Waals surface area contributed by atoms with Crippen molar-refractivity contribution in [2.45, 2.75) is 38.5 Å². The summed E-state index contributed by atoms with van der Waals surface area (Å²) in [6.45, 7) is 3.17. The number of rotatable bonds is 6. The van der Waals surface area contributed by atoms with Crippen LogP contribution in [0, 0.1) is 0 Å². The van der Waals surface area contributed by atoms with Crippen molar-refractivity contribution in [1.29, 1.82) is 0 Å². The summed E-state index contributed by atoms with van der Waals surface area (Å²) in [6, 6.07) is 3.61. The maximum absolute atomic E-state index is 13.0. The summed E-state index contributed by atoms with van der Waals surface area (Å²) in [5.41, 5.74) is -6.11. The first-order chi connectivity index (χ1) is 14.3. The molecule has 31 heavy (non-hydrogen) atoms. The van der Waals surface area contributed by atoms with Crippen LogP contribution in [0.5, 0.6) is 0 Å². The average Bonchev–Trinajstić information content (AvgIpc) is 2.68. The molecule has 0 saturated heterocycles. The highest BCUT2D eigenvalue weighted by Gasteiger charge is 2.39. The molecule has 0 aliphatic carbocycles. The molecule has 0 spiro atoms. The predicted molar refractivity (Wildman–Crippen MR) is 107 cm³/mol. The minimum atomic E-state index is -4.92. The van der Waals surface area contributed by atoms with E-state index in [1.165, 1.54) is 12.1 Å². The third-order valence-electron chi connectivity index (χ3n) is 4.83. The maximum atomic E-state index is 13.0. The molecule has 0 aliphatic rings. The molecule has 0 bridgehead atoms. The number of hydrogen-bond donors (Lipinski definition) is 0. The second-order valence-electron chi connectivity index (χ2n) is 6.57. The fraction of sp³-hybridized carbons (Fsp3) is 0.368. The number of alkyl halides is 3. The van der Waals surface area contributed by atoms with E-state index in [9.17, 15) is 32.3 Å². The zero-order valence-corrected chi connectivity index (χ0v) is 18.1. The molecule has 0 aliphatic heterocycles. The molecule has 168 valence electrons. The van der Waals surface area contributed by atoms with Gasteiger partial charge in [-0.25, -0.2) is 14.2 Å². The molecule has 0 amide bonds. The fourth-order valence-electron chi connectivity index (χ4n) is 2.89. The third-order valence-corrected chi connectivity index (χ3v) is 5.50.